The second-order valence-electron chi connectivity index (χ2n) is 4.97. The SMILES string of the molecule is CC(C)CCCN(C)CCC(C)CN. The summed E-state index contributed by atoms with van der Waals surface area (Å²) in [6, 6.07) is 0. The summed E-state index contributed by atoms with van der Waals surface area (Å²) in [7, 11) is 2.21. The number of hydrogen-bond donors (Lipinski definition) is 1. The molecule has 0 amide bonds. The minimum atomic E-state index is 0.669. The van der Waals surface area contributed by atoms with Crippen molar-refractivity contribution in [3.63, 3.8) is 0 Å². The van der Waals surface area contributed by atoms with Crippen LogP contribution in [0.5, 0.6) is 0 Å². The zero-order valence-electron chi connectivity index (χ0n) is 10.4. The molecule has 1 atom stereocenters. The van der Waals surface area contributed by atoms with Gasteiger partial charge in [-0.1, -0.05) is 20.8 Å². The quantitative estimate of drug-likeness (QED) is 0.651. The van der Waals surface area contributed by atoms with Gasteiger partial charge in [0.25, 0.3) is 0 Å². The van der Waals surface area contributed by atoms with Crippen LogP contribution in [0.1, 0.15) is 40.0 Å². The number of hydrogen-bond acceptors (Lipinski definition) is 2. The maximum atomic E-state index is 5.58. The Morgan fingerprint density at radius 2 is 1.71 bits per heavy atom. The maximum absolute atomic E-state index is 5.58. The third kappa shape index (κ3) is 8.52. The van der Waals surface area contributed by atoms with Gasteiger partial charge in [-0.05, 0) is 57.8 Å². The smallest absolute Gasteiger partial charge is 0.00188 e. The van der Waals surface area contributed by atoms with E-state index in [1.165, 1.54) is 32.4 Å². The largest absolute Gasteiger partial charge is 0.330 e. The molecular formula is C12H28N2. The van der Waals surface area contributed by atoms with Gasteiger partial charge in [0.2, 0.25) is 0 Å². The molecular weight excluding hydrogens is 172 g/mol. The lowest BCUT2D eigenvalue weighted by Crippen LogP contribution is -2.24. The van der Waals surface area contributed by atoms with E-state index in [1.54, 1.807) is 0 Å². The van der Waals surface area contributed by atoms with Crippen molar-refractivity contribution in [2.75, 3.05) is 26.7 Å². The van der Waals surface area contributed by atoms with Gasteiger partial charge in [0, 0.05) is 0 Å². The van der Waals surface area contributed by atoms with Crippen molar-refractivity contribution in [1.29, 1.82) is 0 Å². The van der Waals surface area contributed by atoms with Crippen molar-refractivity contribution >= 4 is 0 Å². The van der Waals surface area contributed by atoms with E-state index in [0.717, 1.165) is 12.5 Å². The van der Waals surface area contributed by atoms with Crippen LogP contribution in [-0.4, -0.2) is 31.6 Å². The Labute approximate surface area is 89.9 Å². The van der Waals surface area contributed by atoms with Crippen LogP contribution < -0.4 is 5.73 Å². The Hall–Kier alpha value is -0.0800. The fraction of sp³-hybridized carbons (Fsp3) is 1.00. The molecule has 0 heterocycles. The normalized spacial score (nSPS) is 13.9. The molecule has 2 nitrogen and oxygen atoms in total. The predicted octanol–water partition coefficient (Wildman–Crippen LogP) is 2.34. The average molecular weight is 200 g/mol. The Balaban J connectivity index is 3.32. The lowest BCUT2D eigenvalue weighted by atomic mass is 10.1. The molecule has 0 saturated carbocycles. The minimum Gasteiger partial charge on any atom is -0.330 e. The van der Waals surface area contributed by atoms with Crippen LogP contribution in [-0.2, 0) is 0 Å². The molecule has 0 fully saturated rings. The third-order valence-corrected chi connectivity index (χ3v) is 2.73. The van der Waals surface area contributed by atoms with Crippen LogP contribution in [0, 0.1) is 11.8 Å². The fourth-order valence-electron chi connectivity index (χ4n) is 1.44. The van der Waals surface area contributed by atoms with Crippen LogP contribution in [0.2, 0.25) is 0 Å². The van der Waals surface area contributed by atoms with Crippen LogP contribution in [0.4, 0.5) is 0 Å². The highest BCUT2D eigenvalue weighted by molar-refractivity contribution is 4.58. The Morgan fingerprint density at radius 1 is 1.07 bits per heavy atom. The number of nitrogens with zero attached hydrogens (tertiary/aromatic N) is 1. The van der Waals surface area contributed by atoms with E-state index in [2.05, 4.69) is 32.7 Å². The molecule has 2 N–H and O–H groups in total. The zero-order valence-corrected chi connectivity index (χ0v) is 10.4. The molecule has 0 spiro atoms. The molecule has 0 aliphatic rings. The van der Waals surface area contributed by atoms with E-state index >= 15 is 0 Å². The van der Waals surface area contributed by atoms with Gasteiger partial charge < -0.3 is 10.6 Å². The van der Waals surface area contributed by atoms with E-state index in [4.69, 9.17) is 5.73 Å². The summed E-state index contributed by atoms with van der Waals surface area (Å²) in [6.07, 6.45) is 3.90. The summed E-state index contributed by atoms with van der Waals surface area (Å²) in [5, 5.41) is 0. The minimum absolute atomic E-state index is 0.669. The standard InChI is InChI=1S/C12H28N2/c1-11(2)6-5-8-14(4)9-7-12(3)10-13/h11-12H,5-10,13H2,1-4H3. The first-order chi connectivity index (χ1) is 6.56. The molecule has 0 aromatic carbocycles. The van der Waals surface area contributed by atoms with Gasteiger partial charge in [0.1, 0.15) is 0 Å². The van der Waals surface area contributed by atoms with Gasteiger partial charge >= 0.3 is 0 Å². The Morgan fingerprint density at radius 3 is 2.21 bits per heavy atom. The van der Waals surface area contributed by atoms with Gasteiger partial charge in [-0.3, -0.25) is 0 Å². The molecule has 14 heavy (non-hydrogen) atoms. The Kier molecular flexibility index (Phi) is 8.20. The molecule has 2 heteroatoms. The molecule has 0 radical (unpaired) electrons. The lowest BCUT2D eigenvalue weighted by Gasteiger charge is -2.18. The molecule has 0 aromatic rings. The Bertz CT molecular complexity index is 123. The third-order valence-electron chi connectivity index (χ3n) is 2.73. The molecule has 1 unspecified atom stereocenters. The van der Waals surface area contributed by atoms with Crippen molar-refractivity contribution in [1.82, 2.24) is 4.90 Å². The van der Waals surface area contributed by atoms with E-state index in [0.29, 0.717) is 5.92 Å². The lowest BCUT2D eigenvalue weighted by molar-refractivity contribution is 0.295. The van der Waals surface area contributed by atoms with E-state index in [9.17, 15) is 0 Å². The highest BCUT2D eigenvalue weighted by Crippen LogP contribution is 2.05. The van der Waals surface area contributed by atoms with Gasteiger partial charge in [-0.2, -0.15) is 0 Å². The fourth-order valence-corrected chi connectivity index (χ4v) is 1.44. The summed E-state index contributed by atoms with van der Waals surface area (Å²) in [4.78, 5) is 2.43. The van der Waals surface area contributed by atoms with E-state index < -0.39 is 0 Å². The van der Waals surface area contributed by atoms with Gasteiger partial charge in [0.15, 0.2) is 0 Å². The van der Waals surface area contributed by atoms with E-state index in [-0.39, 0.29) is 0 Å². The molecule has 0 aromatic heterocycles. The van der Waals surface area contributed by atoms with Crippen molar-refractivity contribution in [2.45, 2.75) is 40.0 Å². The summed E-state index contributed by atoms with van der Waals surface area (Å²) in [6.45, 7) is 10.0. The van der Waals surface area contributed by atoms with Crippen molar-refractivity contribution in [2.24, 2.45) is 17.6 Å². The second-order valence-corrected chi connectivity index (χ2v) is 4.97. The molecule has 0 bridgehead atoms. The average Bonchev–Trinajstić information content (AvgIpc) is 2.13. The molecule has 86 valence electrons. The molecule has 0 rings (SSSR count). The highest BCUT2D eigenvalue weighted by atomic mass is 15.1. The van der Waals surface area contributed by atoms with Crippen molar-refractivity contribution < 1.29 is 0 Å². The topological polar surface area (TPSA) is 29.3 Å². The van der Waals surface area contributed by atoms with Crippen LogP contribution in [0.25, 0.3) is 0 Å². The molecule has 0 aliphatic carbocycles. The number of rotatable bonds is 8. The first-order valence-electron chi connectivity index (χ1n) is 5.94. The van der Waals surface area contributed by atoms with Crippen LogP contribution >= 0.6 is 0 Å². The van der Waals surface area contributed by atoms with Crippen LogP contribution in [0.15, 0.2) is 0 Å². The van der Waals surface area contributed by atoms with E-state index in [1.807, 2.05) is 0 Å². The summed E-state index contributed by atoms with van der Waals surface area (Å²) < 4.78 is 0. The molecule has 0 saturated heterocycles. The predicted molar refractivity (Wildman–Crippen MR) is 64.4 cm³/mol. The van der Waals surface area contributed by atoms with Crippen LogP contribution in [0.3, 0.4) is 0 Å². The monoisotopic (exact) mass is 200 g/mol. The zero-order chi connectivity index (χ0) is 11.0. The van der Waals surface area contributed by atoms with Gasteiger partial charge in [0.05, 0.1) is 0 Å². The van der Waals surface area contributed by atoms with Gasteiger partial charge in [-0.15, -0.1) is 0 Å². The summed E-state index contributed by atoms with van der Waals surface area (Å²) in [5.74, 6) is 1.51. The first-order valence-corrected chi connectivity index (χ1v) is 5.94. The number of nitrogens with two attached hydrogens (primary N) is 1. The van der Waals surface area contributed by atoms with Crippen molar-refractivity contribution in [3.05, 3.63) is 0 Å². The first kappa shape index (κ1) is 13.9. The summed E-state index contributed by atoms with van der Waals surface area (Å²) >= 11 is 0. The van der Waals surface area contributed by atoms with Crippen molar-refractivity contribution in [3.8, 4) is 0 Å². The highest BCUT2D eigenvalue weighted by Gasteiger charge is 2.03. The van der Waals surface area contributed by atoms with Gasteiger partial charge in [-0.25, -0.2) is 0 Å². The summed E-state index contributed by atoms with van der Waals surface area (Å²) in [5.41, 5.74) is 5.58. The second kappa shape index (κ2) is 8.25. The molecule has 0 aliphatic heterocycles. The maximum Gasteiger partial charge on any atom is -0.00188 e.